The minimum atomic E-state index is -0.530. The van der Waals surface area contributed by atoms with Crippen LogP contribution in [0.25, 0.3) is 0 Å². The smallest absolute Gasteiger partial charge is 0.343 e. The Balaban J connectivity index is 1.73. The molecule has 0 spiro atoms. The second kappa shape index (κ2) is 19.2. The summed E-state index contributed by atoms with van der Waals surface area (Å²) in [6.07, 6.45) is 12.5. The van der Waals surface area contributed by atoms with Crippen LogP contribution in [0.2, 0.25) is 0 Å². The zero-order valence-corrected chi connectivity index (χ0v) is 24.0. The number of amides is 2. The first-order valence-electron chi connectivity index (χ1n) is 14.2. The van der Waals surface area contributed by atoms with Gasteiger partial charge in [-0.2, -0.15) is 5.10 Å². The molecule has 218 valence electrons. The maximum atomic E-state index is 12.5. The fourth-order valence-corrected chi connectivity index (χ4v) is 3.93. The number of rotatable bonds is 19. The van der Waals surface area contributed by atoms with Gasteiger partial charge in [0.15, 0.2) is 11.5 Å². The molecule has 0 bridgehead atoms. The summed E-state index contributed by atoms with van der Waals surface area (Å²) in [6.45, 7) is 4.26. The van der Waals surface area contributed by atoms with Gasteiger partial charge in [0.1, 0.15) is 5.75 Å². The van der Waals surface area contributed by atoms with Crippen molar-refractivity contribution in [1.82, 2.24) is 10.7 Å². The lowest BCUT2D eigenvalue weighted by molar-refractivity contribution is -0.126. The minimum Gasteiger partial charge on any atom is -0.497 e. The van der Waals surface area contributed by atoms with Crippen molar-refractivity contribution in [2.24, 2.45) is 5.10 Å². The Kier molecular flexibility index (Phi) is 15.5. The molecule has 0 aliphatic heterocycles. The van der Waals surface area contributed by atoms with Gasteiger partial charge in [0.25, 0.3) is 5.91 Å². The summed E-state index contributed by atoms with van der Waals surface area (Å²) in [4.78, 5) is 36.6. The molecule has 0 atom stereocenters. The number of methoxy groups -OCH3 is 1. The molecule has 2 amide bonds. The zero-order valence-electron chi connectivity index (χ0n) is 24.0. The van der Waals surface area contributed by atoms with Crippen molar-refractivity contribution in [2.75, 3.05) is 20.3 Å². The molecule has 0 fully saturated rings. The number of esters is 1. The summed E-state index contributed by atoms with van der Waals surface area (Å²) < 4.78 is 16.2. The van der Waals surface area contributed by atoms with Crippen LogP contribution in [0, 0.1) is 0 Å². The van der Waals surface area contributed by atoms with E-state index in [1.165, 1.54) is 44.7 Å². The first-order valence-corrected chi connectivity index (χ1v) is 14.2. The summed E-state index contributed by atoms with van der Waals surface area (Å²) >= 11 is 0. The molecule has 0 saturated carbocycles. The number of ether oxygens (including phenoxy) is 3. The Morgan fingerprint density at radius 2 is 1.50 bits per heavy atom. The van der Waals surface area contributed by atoms with Gasteiger partial charge in [-0.25, -0.2) is 10.2 Å². The maximum absolute atomic E-state index is 12.5. The monoisotopic (exact) mass is 553 g/mol. The molecule has 2 N–H and O–H groups in total. The van der Waals surface area contributed by atoms with Crippen LogP contribution in [0.15, 0.2) is 47.6 Å². The highest BCUT2D eigenvalue weighted by molar-refractivity contribution is 5.92. The fraction of sp³-hybridized carbons (Fsp3) is 0.484. The van der Waals surface area contributed by atoms with E-state index in [-0.39, 0.29) is 18.2 Å². The number of carbonyl (C=O) groups is 3. The molecule has 9 nitrogen and oxygen atoms in total. The maximum Gasteiger partial charge on any atom is 0.343 e. The zero-order chi connectivity index (χ0) is 29.0. The molecule has 2 aromatic rings. The van der Waals surface area contributed by atoms with Crippen molar-refractivity contribution in [1.29, 1.82) is 0 Å². The largest absolute Gasteiger partial charge is 0.497 e. The molecule has 2 aromatic carbocycles. The second-order valence-corrected chi connectivity index (χ2v) is 9.41. The summed E-state index contributed by atoms with van der Waals surface area (Å²) in [5, 5.41) is 6.57. The first-order chi connectivity index (χ1) is 19.5. The highest BCUT2D eigenvalue weighted by Crippen LogP contribution is 2.29. The predicted molar refractivity (Wildman–Crippen MR) is 156 cm³/mol. The third-order valence-corrected chi connectivity index (χ3v) is 6.15. The molecular formula is C31H43N3O6. The topological polar surface area (TPSA) is 115 Å². The second-order valence-electron chi connectivity index (χ2n) is 9.41. The highest BCUT2D eigenvalue weighted by Gasteiger charge is 2.13. The number of nitrogens with zero attached hydrogens (tertiary/aromatic N) is 1. The molecule has 0 radical (unpaired) electrons. The van der Waals surface area contributed by atoms with Crippen LogP contribution in [0.1, 0.15) is 94.0 Å². The number of benzene rings is 2. The van der Waals surface area contributed by atoms with Gasteiger partial charge in [0.05, 0.1) is 32.0 Å². The van der Waals surface area contributed by atoms with Crippen molar-refractivity contribution in [2.45, 2.75) is 78.1 Å². The molecule has 0 aliphatic carbocycles. The van der Waals surface area contributed by atoms with Crippen LogP contribution in [-0.4, -0.2) is 44.3 Å². The van der Waals surface area contributed by atoms with Crippen LogP contribution >= 0.6 is 0 Å². The SMILES string of the molecule is CCCCCCCCCCCC(=O)NCC(=O)N/N=C/c1ccc(OC(=O)c2ccc(OC)cc2)c(OCC)c1. The van der Waals surface area contributed by atoms with E-state index < -0.39 is 11.9 Å². The summed E-state index contributed by atoms with van der Waals surface area (Å²) in [6, 6.07) is 11.5. The van der Waals surface area contributed by atoms with Gasteiger partial charge < -0.3 is 19.5 Å². The van der Waals surface area contributed by atoms with Gasteiger partial charge in [-0.05, 0) is 61.4 Å². The van der Waals surface area contributed by atoms with E-state index in [4.69, 9.17) is 14.2 Å². The Bertz CT molecular complexity index is 1080. The van der Waals surface area contributed by atoms with Crippen LogP contribution in [-0.2, 0) is 9.59 Å². The average Bonchev–Trinajstić information content (AvgIpc) is 2.96. The average molecular weight is 554 g/mol. The third-order valence-electron chi connectivity index (χ3n) is 6.15. The highest BCUT2D eigenvalue weighted by atomic mass is 16.6. The standard InChI is InChI=1S/C31H43N3O6/c1-4-6-7-8-9-10-11-12-13-14-29(35)32-23-30(36)34-33-22-24-15-20-27(28(21-24)39-5-2)40-31(37)25-16-18-26(38-3)19-17-25/h15-22H,4-14,23H2,1-3H3,(H,32,35)(H,34,36)/b33-22+. The number of hydrazone groups is 1. The Morgan fingerprint density at radius 3 is 2.15 bits per heavy atom. The Morgan fingerprint density at radius 1 is 0.825 bits per heavy atom. The van der Waals surface area contributed by atoms with Gasteiger partial charge in [-0.3, -0.25) is 9.59 Å². The van der Waals surface area contributed by atoms with E-state index in [9.17, 15) is 14.4 Å². The normalized spacial score (nSPS) is 10.8. The molecule has 0 unspecified atom stereocenters. The van der Waals surface area contributed by atoms with Crippen molar-refractivity contribution >= 4 is 24.0 Å². The fourth-order valence-electron chi connectivity index (χ4n) is 3.93. The Labute approximate surface area is 237 Å². The summed E-state index contributed by atoms with van der Waals surface area (Å²) in [5.74, 6) is 0.174. The first kappa shape index (κ1) is 32.3. The molecule has 0 saturated heterocycles. The lowest BCUT2D eigenvalue weighted by atomic mass is 10.1. The number of carbonyl (C=O) groups excluding carboxylic acids is 3. The lowest BCUT2D eigenvalue weighted by Gasteiger charge is -2.11. The van der Waals surface area contributed by atoms with Crippen molar-refractivity contribution in [3.63, 3.8) is 0 Å². The van der Waals surface area contributed by atoms with Crippen LogP contribution in [0.5, 0.6) is 17.2 Å². The Hall–Kier alpha value is -3.88. The molecule has 0 heterocycles. The van der Waals surface area contributed by atoms with Crippen molar-refractivity contribution < 1.29 is 28.6 Å². The van der Waals surface area contributed by atoms with E-state index in [0.29, 0.717) is 35.7 Å². The van der Waals surface area contributed by atoms with E-state index >= 15 is 0 Å². The molecule has 9 heteroatoms. The molecule has 40 heavy (non-hydrogen) atoms. The molecule has 0 aliphatic rings. The van der Waals surface area contributed by atoms with Gasteiger partial charge >= 0.3 is 5.97 Å². The lowest BCUT2D eigenvalue weighted by Crippen LogP contribution is -2.34. The quantitative estimate of drug-likeness (QED) is 0.0747. The molecule has 0 aromatic heterocycles. The number of hydrogen-bond donors (Lipinski definition) is 2. The number of unbranched alkanes of at least 4 members (excludes halogenated alkanes) is 8. The molecule has 2 rings (SSSR count). The van der Waals surface area contributed by atoms with E-state index in [1.807, 2.05) is 6.92 Å². The predicted octanol–water partition coefficient (Wildman–Crippen LogP) is 5.80. The van der Waals surface area contributed by atoms with E-state index in [2.05, 4.69) is 22.8 Å². The van der Waals surface area contributed by atoms with E-state index in [1.54, 1.807) is 49.6 Å². The minimum absolute atomic E-state index is 0.136. The van der Waals surface area contributed by atoms with Crippen LogP contribution in [0.3, 0.4) is 0 Å². The van der Waals surface area contributed by atoms with Crippen LogP contribution in [0.4, 0.5) is 0 Å². The van der Waals surface area contributed by atoms with Gasteiger partial charge in [-0.15, -0.1) is 0 Å². The van der Waals surface area contributed by atoms with Crippen molar-refractivity contribution in [3.05, 3.63) is 53.6 Å². The number of hydrogen-bond acceptors (Lipinski definition) is 7. The molecular weight excluding hydrogens is 510 g/mol. The van der Waals surface area contributed by atoms with Crippen molar-refractivity contribution in [3.8, 4) is 17.2 Å². The van der Waals surface area contributed by atoms with Gasteiger partial charge in [0.2, 0.25) is 5.91 Å². The number of nitrogens with one attached hydrogen (secondary N) is 2. The van der Waals surface area contributed by atoms with Crippen LogP contribution < -0.4 is 25.0 Å². The van der Waals surface area contributed by atoms with E-state index in [0.717, 1.165) is 19.3 Å². The van der Waals surface area contributed by atoms with Gasteiger partial charge in [-0.1, -0.05) is 58.3 Å². The third kappa shape index (κ3) is 12.8. The van der Waals surface area contributed by atoms with Gasteiger partial charge in [0, 0.05) is 6.42 Å². The summed E-state index contributed by atoms with van der Waals surface area (Å²) in [7, 11) is 1.55. The summed E-state index contributed by atoms with van der Waals surface area (Å²) in [5.41, 5.74) is 3.40.